The van der Waals surface area contributed by atoms with Gasteiger partial charge >= 0.3 is 0 Å². The molecule has 1 unspecified atom stereocenters. The van der Waals surface area contributed by atoms with E-state index in [-0.39, 0.29) is 6.04 Å². The Labute approximate surface area is 96.1 Å². The Balaban J connectivity index is 2.05. The van der Waals surface area contributed by atoms with E-state index in [2.05, 4.69) is 24.3 Å². The summed E-state index contributed by atoms with van der Waals surface area (Å²) in [7, 11) is 0. The second-order valence-corrected chi connectivity index (χ2v) is 4.62. The van der Waals surface area contributed by atoms with E-state index in [0.717, 1.165) is 18.6 Å². The molecule has 1 atom stereocenters. The van der Waals surface area contributed by atoms with Crippen molar-refractivity contribution < 1.29 is 4.74 Å². The zero-order valence-corrected chi connectivity index (χ0v) is 9.41. The minimum Gasteiger partial charge on any atom is -0.493 e. The van der Waals surface area contributed by atoms with Crippen LogP contribution in [-0.4, -0.2) is 0 Å². The summed E-state index contributed by atoms with van der Waals surface area (Å²) >= 11 is 0. The molecule has 0 radical (unpaired) electrons. The van der Waals surface area contributed by atoms with Gasteiger partial charge in [-0.2, -0.15) is 0 Å². The molecular formula is C14H17NO. The molecule has 2 nitrogen and oxygen atoms in total. The van der Waals surface area contributed by atoms with Crippen molar-refractivity contribution in [1.29, 1.82) is 0 Å². The quantitative estimate of drug-likeness (QED) is 0.722. The number of nitrogens with two attached hydrogens (primary N) is 1. The van der Waals surface area contributed by atoms with Crippen LogP contribution >= 0.6 is 0 Å². The maximum atomic E-state index is 6.36. The molecule has 1 heterocycles. The molecule has 0 saturated heterocycles. The summed E-state index contributed by atoms with van der Waals surface area (Å²) in [6, 6.07) is 8.42. The molecule has 1 aromatic rings. The zero-order valence-electron chi connectivity index (χ0n) is 9.41. The van der Waals surface area contributed by atoms with Crippen LogP contribution in [-0.2, 0) is 11.3 Å². The van der Waals surface area contributed by atoms with Gasteiger partial charge in [0, 0.05) is 6.42 Å². The molecule has 0 spiro atoms. The molecule has 2 N–H and O–H groups in total. The van der Waals surface area contributed by atoms with Gasteiger partial charge < -0.3 is 10.5 Å². The van der Waals surface area contributed by atoms with Gasteiger partial charge in [0.15, 0.2) is 0 Å². The van der Waals surface area contributed by atoms with Crippen molar-refractivity contribution in [3.05, 3.63) is 46.7 Å². The fourth-order valence-corrected chi connectivity index (χ4v) is 2.72. The van der Waals surface area contributed by atoms with Gasteiger partial charge in [-0.05, 0) is 36.0 Å². The van der Waals surface area contributed by atoms with Gasteiger partial charge in [0.25, 0.3) is 0 Å². The number of benzene rings is 1. The fourth-order valence-electron chi connectivity index (χ4n) is 2.72. The summed E-state index contributed by atoms with van der Waals surface area (Å²) in [5, 5.41) is 0. The third-order valence-corrected chi connectivity index (χ3v) is 3.63. The van der Waals surface area contributed by atoms with Crippen LogP contribution in [0.25, 0.3) is 0 Å². The Morgan fingerprint density at radius 2 is 1.94 bits per heavy atom. The van der Waals surface area contributed by atoms with E-state index in [9.17, 15) is 0 Å². The summed E-state index contributed by atoms with van der Waals surface area (Å²) in [4.78, 5) is 0. The van der Waals surface area contributed by atoms with E-state index < -0.39 is 0 Å². The van der Waals surface area contributed by atoms with Crippen LogP contribution < -0.4 is 5.73 Å². The van der Waals surface area contributed by atoms with Crippen LogP contribution in [0.4, 0.5) is 0 Å². The van der Waals surface area contributed by atoms with Gasteiger partial charge in [-0.15, -0.1) is 0 Å². The molecule has 1 aromatic carbocycles. The molecule has 0 bridgehead atoms. The number of fused-ring (bicyclic) bond motifs is 1. The molecular weight excluding hydrogens is 198 g/mol. The smallest absolute Gasteiger partial charge is 0.113 e. The molecule has 0 fully saturated rings. The lowest BCUT2D eigenvalue weighted by atomic mass is 9.88. The van der Waals surface area contributed by atoms with Crippen molar-refractivity contribution in [3.8, 4) is 0 Å². The van der Waals surface area contributed by atoms with Crippen LogP contribution in [0.2, 0.25) is 0 Å². The monoisotopic (exact) mass is 215 g/mol. The molecule has 16 heavy (non-hydrogen) atoms. The highest BCUT2D eigenvalue weighted by Crippen LogP contribution is 2.37. The SMILES string of the molecule is NC1C2=C(CCCC2)OCc2ccccc21. The number of hydrogen-bond acceptors (Lipinski definition) is 2. The molecule has 0 amide bonds. The Morgan fingerprint density at radius 1 is 1.12 bits per heavy atom. The van der Waals surface area contributed by atoms with Crippen molar-refractivity contribution in [1.82, 2.24) is 0 Å². The van der Waals surface area contributed by atoms with Gasteiger partial charge in [-0.25, -0.2) is 0 Å². The van der Waals surface area contributed by atoms with Gasteiger partial charge in [0.05, 0.1) is 11.8 Å². The van der Waals surface area contributed by atoms with Gasteiger partial charge in [0.1, 0.15) is 6.61 Å². The summed E-state index contributed by atoms with van der Waals surface area (Å²) in [5.41, 5.74) is 10.2. The number of rotatable bonds is 0. The Bertz CT molecular complexity index is 436. The van der Waals surface area contributed by atoms with Crippen molar-refractivity contribution in [2.24, 2.45) is 5.73 Å². The lowest BCUT2D eigenvalue weighted by Gasteiger charge is -2.22. The highest BCUT2D eigenvalue weighted by molar-refractivity contribution is 5.38. The molecule has 0 aromatic heterocycles. The van der Waals surface area contributed by atoms with E-state index >= 15 is 0 Å². The highest BCUT2D eigenvalue weighted by Gasteiger charge is 2.25. The van der Waals surface area contributed by atoms with Gasteiger partial charge in [-0.1, -0.05) is 24.3 Å². The molecule has 2 aliphatic rings. The molecule has 84 valence electrons. The van der Waals surface area contributed by atoms with Crippen LogP contribution in [0.5, 0.6) is 0 Å². The molecule has 0 saturated carbocycles. The Morgan fingerprint density at radius 3 is 2.88 bits per heavy atom. The van der Waals surface area contributed by atoms with E-state index in [1.807, 2.05) is 0 Å². The van der Waals surface area contributed by atoms with Crippen molar-refractivity contribution in [2.75, 3.05) is 0 Å². The summed E-state index contributed by atoms with van der Waals surface area (Å²) in [5.74, 6) is 1.16. The highest BCUT2D eigenvalue weighted by atomic mass is 16.5. The first kappa shape index (κ1) is 9.91. The number of hydrogen-bond donors (Lipinski definition) is 1. The third-order valence-electron chi connectivity index (χ3n) is 3.63. The Hall–Kier alpha value is -1.28. The molecule has 1 aliphatic carbocycles. The fraction of sp³-hybridized carbons (Fsp3) is 0.429. The molecule has 3 rings (SSSR count). The van der Waals surface area contributed by atoms with Crippen LogP contribution in [0, 0.1) is 0 Å². The predicted molar refractivity (Wildman–Crippen MR) is 63.7 cm³/mol. The average Bonchev–Trinajstić information content (AvgIpc) is 2.49. The maximum absolute atomic E-state index is 6.36. The van der Waals surface area contributed by atoms with Crippen molar-refractivity contribution >= 4 is 0 Å². The Kier molecular flexibility index (Phi) is 2.44. The lowest BCUT2D eigenvalue weighted by molar-refractivity contribution is 0.180. The molecule has 1 aliphatic heterocycles. The third kappa shape index (κ3) is 1.54. The topological polar surface area (TPSA) is 35.2 Å². The normalized spacial score (nSPS) is 24.2. The average molecular weight is 215 g/mol. The summed E-state index contributed by atoms with van der Waals surface area (Å²) in [6.07, 6.45) is 4.65. The van der Waals surface area contributed by atoms with Gasteiger partial charge in [-0.3, -0.25) is 0 Å². The lowest BCUT2D eigenvalue weighted by Crippen LogP contribution is -2.16. The first-order chi connectivity index (χ1) is 7.86. The van der Waals surface area contributed by atoms with Crippen molar-refractivity contribution in [3.63, 3.8) is 0 Å². The zero-order chi connectivity index (χ0) is 11.0. The minimum absolute atomic E-state index is 0.0500. The largest absolute Gasteiger partial charge is 0.493 e. The number of ether oxygens (including phenoxy) is 1. The van der Waals surface area contributed by atoms with Crippen LogP contribution in [0.1, 0.15) is 42.9 Å². The summed E-state index contributed by atoms with van der Waals surface area (Å²) < 4.78 is 5.90. The van der Waals surface area contributed by atoms with E-state index in [1.54, 1.807) is 0 Å². The van der Waals surface area contributed by atoms with E-state index in [1.165, 1.54) is 29.5 Å². The first-order valence-electron chi connectivity index (χ1n) is 6.04. The summed E-state index contributed by atoms with van der Waals surface area (Å²) in [6.45, 7) is 0.683. The van der Waals surface area contributed by atoms with Gasteiger partial charge in [0.2, 0.25) is 0 Å². The second-order valence-electron chi connectivity index (χ2n) is 4.62. The van der Waals surface area contributed by atoms with Crippen molar-refractivity contribution in [2.45, 2.75) is 38.3 Å². The minimum atomic E-state index is 0.0500. The number of allylic oxidation sites excluding steroid dienone is 1. The van der Waals surface area contributed by atoms with Crippen LogP contribution in [0.3, 0.4) is 0 Å². The first-order valence-corrected chi connectivity index (χ1v) is 6.04. The van der Waals surface area contributed by atoms with E-state index in [4.69, 9.17) is 10.5 Å². The second kappa shape index (κ2) is 3.95. The standard InChI is InChI=1S/C14H17NO/c15-14-11-6-2-1-5-10(11)9-16-13-8-4-3-7-12(13)14/h1-2,5-6,14H,3-4,7-9,15H2. The van der Waals surface area contributed by atoms with Crippen LogP contribution in [0.15, 0.2) is 35.6 Å². The molecule has 2 heteroatoms. The van der Waals surface area contributed by atoms with E-state index in [0.29, 0.717) is 6.61 Å². The maximum Gasteiger partial charge on any atom is 0.113 e. The predicted octanol–water partition coefficient (Wildman–Crippen LogP) is 3.04.